The quantitative estimate of drug-likeness (QED) is 0.341. The van der Waals surface area contributed by atoms with Gasteiger partial charge in [0.05, 0.1) is 25.5 Å². The van der Waals surface area contributed by atoms with E-state index in [-0.39, 0.29) is 18.0 Å². The molecule has 0 atom stereocenters. The van der Waals surface area contributed by atoms with Gasteiger partial charge in [-0.3, -0.25) is 10.2 Å². The summed E-state index contributed by atoms with van der Waals surface area (Å²) >= 11 is 0. The van der Waals surface area contributed by atoms with Gasteiger partial charge in [-0.2, -0.15) is 0 Å². The topological polar surface area (TPSA) is 117 Å². The SMILES string of the molecule is N=C(N)CC(=O)CCc1cccc(-c2cnc(Nc3ccc(N4CCOCC4)cc3)nc2)c1. The summed E-state index contributed by atoms with van der Waals surface area (Å²) in [6.45, 7) is 3.35. The lowest BCUT2D eigenvalue weighted by Crippen LogP contribution is -2.36. The predicted molar refractivity (Wildman–Crippen MR) is 130 cm³/mol. The van der Waals surface area contributed by atoms with Crippen LogP contribution in [0, 0.1) is 5.41 Å². The van der Waals surface area contributed by atoms with Crippen molar-refractivity contribution in [1.82, 2.24) is 9.97 Å². The largest absolute Gasteiger partial charge is 0.387 e. The molecule has 0 unspecified atom stereocenters. The molecule has 2 aromatic carbocycles. The molecule has 33 heavy (non-hydrogen) atoms. The molecule has 1 saturated heterocycles. The van der Waals surface area contributed by atoms with Crippen molar-refractivity contribution in [3.63, 3.8) is 0 Å². The van der Waals surface area contributed by atoms with Crippen LogP contribution in [-0.4, -0.2) is 47.9 Å². The molecule has 8 heteroatoms. The third kappa shape index (κ3) is 6.36. The van der Waals surface area contributed by atoms with Crippen LogP contribution in [0.4, 0.5) is 17.3 Å². The number of morpholine rings is 1. The van der Waals surface area contributed by atoms with Crippen molar-refractivity contribution in [3.05, 3.63) is 66.5 Å². The van der Waals surface area contributed by atoms with Gasteiger partial charge in [0, 0.05) is 48.8 Å². The van der Waals surface area contributed by atoms with Crippen molar-refractivity contribution < 1.29 is 9.53 Å². The Morgan fingerprint density at radius 2 is 1.79 bits per heavy atom. The number of carbonyl (C=O) groups excluding carboxylic acids is 1. The van der Waals surface area contributed by atoms with E-state index < -0.39 is 0 Å². The maximum atomic E-state index is 11.8. The van der Waals surface area contributed by atoms with Gasteiger partial charge in [0.25, 0.3) is 0 Å². The molecule has 0 spiro atoms. The summed E-state index contributed by atoms with van der Waals surface area (Å²) in [7, 11) is 0. The molecule has 170 valence electrons. The van der Waals surface area contributed by atoms with Crippen molar-refractivity contribution in [1.29, 1.82) is 5.41 Å². The standard InChI is InChI=1S/C25H28N6O2/c26-24(27)15-23(32)9-4-18-2-1-3-19(14-18)20-16-28-25(29-17-20)30-21-5-7-22(8-6-21)31-10-12-33-13-11-31/h1-3,5-8,14,16-17H,4,9-13,15H2,(H3,26,27)(H,28,29,30). The van der Waals surface area contributed by atoms with E-state index in [2.05, 4.69) is 32.3 Å². The minimum atomic E-state index is -0.0901. The van der Waals surface area contributed by atoms with Gasteiger partial charge in [-0.15, -0.1) is 0 Å². The number of aryl methyl sites for hydroxylation is 1. The van der Waals surface area contributed by atoms with E-state index in [1.807, 2.05) is 36.4 Å². The lowest BCUT2D eigenvalue weighted by molar-refractivity contribution is -0.117. The molecule has 0 amide bonds. The zero-order chi connectivity index (χ0) is 23.0. The van der Waals surface area contributed by atoms with E-state index in [1.54, 1.807) is 12.4 Å². The Kier molecular flexibility index (Phi) is 7.26. The number of aromatic nitrogens is 2. The fourth-order valence-corrected chi connectivity index (χ4v) is 3.74. The van der Waals surface area contributed by atoms with E-state index in [0.717, 1.165) is 48.7 Å². The summed E-state index contributed by atoms with van der Waals surface area (Å²) in [5.74, 6) is 0.418. The molecule has 0 saturated carbocycles. The number of nitrogens with one attached hydrogen (secondary N) is 2. The van der Waals surface area contributed by atoms with Gasteiger partial charge in [0.2, 0.25) is 5.95 Å². The summed E-state index contributed by atoms with van der Waals surface area (Å²) in [5, 5.41) is 10.5. The maximum absolute atomic E-state index is 11.8. The number of hydrogen-bond acceptors (Lipinski definition) is 7. The van der Waals surface area contributed by atoms with Gasteiger partial charge in [-0.05, 0) is 41.8 Å². The van der Waals surface area contributed by atoms with Crippen LogP contribution in [0.1, 0.15) is 18.4 Å². The lowest BCUT2D eigenvalue weighted by Gasteiger charge is -2.28. The third-order valence-corrected chi connectivity index (χ3v) is 5.49. The zero-order valence-corrected chi connectivity index (χ0v) is 18.5. The first kappa shape index (κ1) is 22.4. The Labute approximate surface area is 193 Å². The Hall–Kier alpha value is -3.78. The molecule has 4 rings (SSSR count). The van der Waals surface area contributed by atoms with Crippen molar-refractivity contribution >= 4 is 28.9 Å². The van der Waals surface area contributed by atoms with Crippen LogP contribution in [0.15, 0.2) is 60.9 Å². The highest BCUT2D eigenvalue weighted by atomic mass is 16.5. The van der Waals surface area contributed by atoms with Crippen LogP contribution in [0.3, 0.4) is 0 Å². The minimum Gasteiger partial charge on any atom is -0.387 e. The molecule has 0 bridgehead atoms. The first-order chi connectivity index (χ1) is 16.1. The second kappa shape index (κ2) is 10.7. The van der Waals surface area contributed by atoms with Crippen molar-refractivity contribution in [2.24, 2.45) is 5.73 Å². The van der Waals surface area contributed by atoms with Gasteiger partial charge in [-0.25, -0.2) is 9.97 Å². The highest BCUT2D eigenvalue weighted by Crippen LogP contribution is 2.23. The summed E-state index contributed by atoms with van der Waals surface area (Å²) in [6.07, 6.45) is 4.57. The molecular formula is C25H28N6O2. The third-order valence-electron chi connectivity index (χ3n) is 5.49. The Morgan fingerprint density at radius 1 is 1.06 bits per heavy atom. The Balaban J connectivity index is 1.36. The number of benzene rings is 2. The van der Waals surface area contributed by atoms with Crippen LogP contribution in [0.5, 0.6) is 0 Å². The summed E-state index contributed by atoms with van der Waals surface area (Å²) in [4.78, 5) is 23.0. The molecule has 0 radical (unpaired) electrons. The number of ether oxygens (including phenoxy) is 1. The zero-order valence-electron chi connectivity index (χ0n) is 18.5. The average Bonchev–Trinajstić information content (AvgIpc) is 2.84. The van der Waals surface area contributed by atoms with Gasteiger partial charge in [0.1, 0.15) is 5.78 Å². The number of nitrogens with zero attached hydrogens (tertiary/aromatic N) is 3. The van der Waals surface area contributed by atoms with E-state index in [0.29, 0.717) is 18.8 Å². The van der Waals surface area contributed by atoms with Crippen LogP contribution in [-0.2, 0) is 16.0 Å². The summed E-state index contributed by atoms with van der Waals surface area (Å²) in [6, 6.07) is 16.2. The smallest absolute Gasteiger partial charge is 0.227 e. The fourth-order valence-electron chi connectivity index (χ4n) is 3.74. The van der Waals surface area contributed by atoms with Crippen molar-refractivity contribution in [2.75, 3.05) is 36.5 Å². The predicted octanol–water partition coefficient (Wildman–Crippen LogP) is 3.55. The molecule has 2 heterocycles. The molecule has 1 fully saturated rings. The van der Waals surface area contributed by atoms with E-state index in [4.69, 9.17) is 15.9 Å². The van der Waals surface area contributed by atoms with Crippen LogP contribution >= 0.6 is 0 Å². The monoisotopic (exact) mass is 444 g/mol. The number of ketones is 1. The van der Waals surface area contributed by atoms with Gasteiger partial charge < -0.3 is 20.7 Å². The molecule has 0 aliphatic carbocycles. The van der Waals surface area contributed by atoms with Gasteiger partial charge >= 0.3 is 0 Å². The minimum absolute atomic E-state index is 0.0118. The first-order valence-corrected chi connectivity index (χ1v) is 11.0. The number of carbonyl (C=O) groups is 1. The van der Waals surface area contributed by atoms with Crippen LogP contribution in [0.25, 0.3) is 11.1 Å². The molecule has 1 aromatic heterocycles. The highest BCUT2D eigenvalue weighted by molar-refractivity contribution is 5.98. The first-order valence-electron chi connectivity index (χ1n) is 11.0. The van der Waals surface area contributed by atoms with Gasteiger partial charge in [-0.1, -0.05) is 24.3 Å². The number of amidine groups is 1. The highest BCUT2D eigenvalue weighted by Gasteiger charge is 2.11. The molecular weight excluding hydrogens is 416 g/mol. The maximum Gasteiger partial charge on any atom is 0.227 e. The molecule has 1 aliphatic rings. The van der Waals surface area contributed by atoms with Crippen LogP contribution in [0.2, 0.25) is 0 Å². The Bertz CT molecular complexity index is 1090. The lowest BCUT2D eigenvalue weighted by atomic mass is 10.0. The number of rotatable bonds is 9. The average molecular weight is 445 g/mol. The van der Waals surface area contributed by atoms with Crippen molar-refractivity contribution in [3.8, 4) is 11.1 Å². The number of nitrogens with two attached hydrogens (primary N) is 1. The number of Topliss-reactive ketones (excluding diaryl/α,β-unsaturated/α-hetero) is 1. The summed E-state index contributed by atoms with van der Waals surface area (Å²) < 4.78 is 5.41. The summed E-state index contributed by atoms with van der Waals surface area (Å²) in [5.41, 5.74) is 10.4. The fraction of sp³-hybridized carbons (Fsp3) is 0.280. The van der Waals surface area contributed by atoms with Crippen molar-refractivity contribution in [2.45, 2.75) is 19.3 Å². The second-order valence-electron chi connectivity index (χ2n) is 8.01. The molecule has 1 aliphatic heterocycles. The van der Waals surface area contributed by atoms with Crippen LogP contribution < -0.4 is 16.0 Å². The molecule has 3 aromatic rings. The number of anilines is 3. The number of hydrogen-bond donors (Lipinski definition) is 3. The second-order valence-corrected chi connectivity index (χ2v) is 8.01. The Morgan fingerprint density at radius 3 is 2.48 bits per heavy atom. The normalized spacial score (nSPS) is 13.5. The van der Waals surface area contributed by atoms with E-state index >= 15 is 0 Å². The molecule has 8 nitrogen and oxygen atoms in total. The molecule has 4 N–H and O–H groups in total. The van der Waals surface area contributed by atoms with E-state index in [1.165, 1.54) is 5.69 Å². The van der Waals surface area contributed by atoms with Gasteiger partial charge in [0.15, 0.2) is 0 Å². The van der Waals surface area contributed by atoms with E-state index in [9.17, 15) is 4.79 Å².